The maximum atomic E-state index is 11.9. The molecule has 0 saturated carbocycles. The Kier molecular flexibility index (Phi) is 4.74. The highest BCUT2D eigenvalue weighted by atomic mass is 32.2. The van der Waals surface area contributed by atoms with Gasteiger partial charge in [0.25, 0.3) is 10.2 Å². The zero-order valence-electron chi connectivity index (χ0n) is 10.5. The van der Waals surface area contributed by atoms with E-state index >= 15 is 0 Å². The van der Waals surface area contributed by atoms with Crippen LogP contribution in [0.2, 0.25) is 0 Å². The molecule has 1 aromatic carbocycles. The Morgan fingerprint density at radius 1 is 1.11 bits per heavy atom. The molecule has 1 aliphatic heterocycles. The predicted molar refractivity (Wildman–Crippen MR) is 72.5 cm³/mol. The van der Waals surface area contributed by atoms with Crippen LogP contribution in [0.3, 0.4) is 0 Å². The zero-order valence-corrected chi connectivity index (χ0v) is 11.3. The van der Waals surface area contributed by atoms with E-state index in [1.807, 2.05) is 18.2 Å². The molecule has 0 aliphatic carbocycles. The molecular weight excluding hydrogens is 248 g/mol. The summed E-state index contributed by atoms with van der Waals surface area (Å²) in [5.74, 6) is 0. The van der Waals surface area contributed by atoms with Gasteiger partial charge in [0.1, 0.15) is 0 Å². The minimum atomic E-state index is -3.23. The zero-order chi connectivity index (χ0) is 12.8. The van der Waals surface area contributed by atoms with Gasteiger partial charge in [-0.1, -0.05) is 30.3 Å². The fourth-order valence-corrected chi connectivity index (χ4v) is 3.48. The largest absolute Gasteiger partial charge is 0.279 e. The van der Waals surface area contributed by atoms with Gasteiger partial charge in [0.05, 0.1) is 0 Å². The topological polar surface area (TPSA) is 49.4 Å². The molecule has 1 saturated heterocycles. The van der Waals surface area contributed by atoms with Crippen LogP contribution >= 0.6 is 0 Å². The van der Waals surface area contributed by atoms with E-state index in [-0.39, 0.29) is 0 Å². The molecule has 1 fully saturated rings. The van der Waals surface area contributed by atoms with Gasteiger partial charge in [0, 0.05) is 19.6 Å². The Morgan fingerprint density at radius 2 is 1.78 bits per heavy atom. The highest BCUT2D eigenvalue weighted by molar-refractivity contribution is 7.87. The Labute approximate surface area is 109 Å². The maximum Gasteiger partial charge on any atom is 0.279 e. The number of nitrogens with one attached hydrogen (secondary N) is 1. The summed E-state index contributed by atoms with van der Waals surface area (Å²) in [5, 5.41) is 0. The third-order valence-corrected chi connectivity index (χ3v) is 4.79. The second kappa shape index (κ2) is 6.31. The minimum Gasteiger partial charge on any atom is -0.202 e. The van der Waals surface area contributed by atoms with Gasteiger partial charge in [0.15, 0.2) is 0 Å². The molecule has 0 amide bonds. The summed E-state index contributed by atoms with van der Waals surface area (Å²) >= 11 is 0. The van der Waals surface area contributed by atoms with E-state index in [1.165, 1.54) is 9.87 Å². The average molecular weight is 268 g/mol. The molecule has 1 aliphatic rings. The van der Waals surface area contributed by atoms with Gasteiger partial charge in [-0.15, -0.1) is 0 Å². The van der Waals surface area contributed by atoms with Crippen molar-refractivity contribution in [3.63, 3.8) is 0 Å². The molecule has 1 N–H and O–H groups in total. The minimum absolute atomic E-state index is 0.508. The van der Waals surface area contributed by atoms with E-state index in [4.69, 9.17) is 0 Å². The molecule has 2 rings (SSSR count). The van der Waals surface area contributed by atoms with Crippen molar-refractivity contribution in [2.24, 2.45) is 0 Å². The fourth-order valence-electron chi connectivity index (χ4n) is 2.16. The van der Waals surface area contributed by atoms with Gasteiger partial charge < -0.3 is 0 Å². The van der Waals surface area contributed by atoms with Crippen molar-refractivity contribution < 1.29 is 8.42 Å². The number of hydrogen-bond acceptors (Lipinski definition) is 2. The Balaban J connectivity index is 1.72. The van der Waals surface area contributed by atoms with Crippen molar-refractivity contribution in [3.05, 3.63) is 35.9 Å². The van der Waals surface area contributed by atoms with Crippen LogP contribution in [-0.2, 0) is 16.6 Å². The molecule has 0 unspecified atom stereocenters. The lowest BCUT2D eigenvalue weighted by Crippen LogP contribution is -2.39. The molecule has 1 aromatic rings. The number of hydrogen-bond donors (Lipinski definition) is 1. The van der Waals surface area contributed by atoms with Crippen LogP contribution in [0.15, 0.2) is 30.3 Å². The van der Waals surface area contributed by atoms with Crippen LogP contribution in [0, 0.1) is 0 Å². The highest BCUT2D eigenvalue weighted by Crippen LogP contribution is 2.11. The number of aryl methyl sites for hydroxylation is 1. The lowest BCUT2D eigenvalue weighted by atomic mass is 10.1. The summed E-state index contributed by atoms with van der Waals surface area (Å²) in [6, 6.07) is 10.1. The van der Waals surface area contributed by atoms with Crippen molar-refractivity contribution in [1.29, 1.82) is 0 Å². The predicted octanol–water partition coefficient (Wildman–Crippen LogP) is 1.55. The monoisotopic (exact) mass is 268 g/mol. The van der Waals surface area contributed by atoms with E-state index in [1.54, 1.807) is 0 Å². The lowest BCUT2D eigenvalue weighted by molar-refractivity contribution is 0.464. The second-order valence-electron chi connectivity index (χ2n) is 4.59. The molecule has 1 heterocycles. The molecular formula is C13H20N2O2S. The quantitative estimate of drug-likeness (QED) is 0.796. The lowest BCUT2D eigenvalue weighted by Gasteiger charge is -2.15. The van der Waals surface area contributed by atoms with Crippen LogP contribution in [0.25, 0.3) is 0 Å². The molecule has 0 radical (unpaired) electrons. The van der Waals surface area contributed by atoms with Gasteiger partial charge in [-0.25, -0.2) is 4.72 Å². The molecule has 0 spiro atoms. The molecule has 4 nitrogen and oxygen atoms in total. The van der Waals surface area contributed by atoms with Crippen LogP contribution in [0.5, 0.6) is 0 Å². The van der Waals surface area contributed by atoms with Crippen molar-refractivity contribution in [3.8, 4) is 0 Å². The van der Waals surface area contributed by atoms with E-state index < -0.39 is 10.2 Å². The summed E-state index contributed by atoms with van der Waals surface area (Å²) in [4.78, 5) is 0. The van der Waals surface area contributed by atoms with Crippen molar-refractivity contribution in [1.82, 2.24) is 9.03 Å². The summed E-state index contributed by atoms with van der Waals surface area (Å²) < 4.78 is 27.9. The highest BCUT2D eigenvalue weighted by Gasteiger charge is 2.24. The van der Waals surface area contributed by atoms with E-state index in [0.29, 0.717) is 19.6 Å². The molecule has 100 valence electrons. The Bertz CT molecular complexity index is 453. The number of nitrogens with zero attached hydrogens (tertiary/aromatic N) is 1. The van der Waals surface area contributed by atoms with Crippen molar-refractivity contribution in [2.75, 3.05) is 19.6 Å². The Hall–Kier alpha value is -0.910. The van der Waals surface area contributed by atoms with E-state index in [9.17, 15) is 8.42 Å². The fraction of sp³-hybridized carbons (Fsp3) is 0.538. The summed E-state index contributed by atoms with van der Waals surface area (Å²) in [6.45, 7) is 1.83. The van der Waals surface area contributed by atoms with Gasteiger partial charge in [-0.3, -0.25) is 0 Å². The summed E-state index contributed by atoms with van der Waals surface area (Å²) in [5.41, 5.74) is 1.25. The standard InChI is InChI=1S/C13H20N2O2S/c16-18(17,15-11-4-5-12-15)14-10-6-9-13-7-2-1-3-8-13/h1-3,7-8,14H,4-6,9-12H2. The first-order valence-corrected chi connectivity index (χ1v) is 7.91. The van der Waals surface area contributed by atoms with Crippen LogP contribution in [0.1, 0.15) is 24.8 Å². The molecule has 5 heteroatoms. The van der Waals surface area contributed by atoms with Crippen molar-refractivity contribution >= 4 is 10.2 Å². The second-order valence-corrected chi connectivity index (χ2v) is 6.35. The van der Waals surface area contributed by atoms with Gasteiger partial charge in [-0.2, -0.15) is 12.7 Å². The molecule has 0 bridgehead atoms. The molecule has 0 aromatic heterocycles. The number of rotatable bonds is 6. The van der Waals surface area contributed by atoms with Gasteiger partial charge >= 0.3 is 0 Å². The van der Waals surface area contributed by atoms with Crippen LogP contribution in [-0.4, -0.2) is 32.4 Å². The van der Waals surface area contributed by atoms with Crippen LogP contribution < -0.4 is 4.72 Å². The van der Waals surface area contributed by atoms with E-state index in [0.717, 1.165) is 25.7 Å². The van der Waals surface area contributed by atoms with E-state index in [2.05, 4.69) is 16.9 Å². The summed E-state index contributed by atoms with van der Waals surface area (Å²) in [7, 11) is -3.23. The number of benzene rings is 1. The first-order chi connectivity index (χ1) is 8.68. The summed E-state index contributed by atoms with van der Waals surface area (Å²) in [6.07, 6.45) is 3.69. The molecule has 18 heavy (non-hydrogen) atoms. The third-order valence-electron chi connectivity index (χ3n) is 3.17. The van der Waals surface area contributed by atoms with Gasteiger partial charge in [0.2, 0.25) is 0 Å². The molecule has 0 atom stereocenters. The smallest absolute Gasteiger partial charge is 0.202 e. The Morgan fingerprint density at radius 3 is 2.44 bits per heavy atom. The van der Waals surface area contributed by atoms with Crippen LogP contribution in [0.4, 0.5) is 0 Å². The maximum absolute atomic E-state index is 11.9. The first-order valence-electron chi connectivity index (χ1n) is 6.47. The van der Waals surface area contributed by atoms with Gasteiger partial charge in [-0.05, 0) is 31.2 Å². The normalized spacial score (nSPS) is 17.1. The van der Waals surface area contributed by atoms with Crippen molar-refractivity contribution in [2.45, 2.75) is 25.7 Å². The SMILES string of the molecule is O=S(=O)(NCCCc1ccccc1)N1CCCC1. The average Bonchev–Trinajstić information content (AvgIpc) is 2.91. The first kappa shape index (κ1) is 13.5. The third kappa shape index (κ3) is 3.80.